The summed E-state index contributed by atoms with van der Waals surface area (Å²) in [6.45, 7) is 43.1. The average molecular weight is 2610 g/mol. The molecule has 142 heavy (non-hydrogen) atoms. The molecule has 8 aliphatic rings. The first kappa shape index (κ1) is 105. The average Bonchev–Trinajstić information content (AvgIpc) is 0.701. The van der Waals surface area contributed by atoms with Gasteiger partial charge in [-0.05, 0) is 151 Å². The second-order valence-corrected chi connectivity index (χ2v) is 45.1. The number of carbonyl (C=O) groups excluding carboxylic acids is 2. The standard InChI is InChI=1S/2C28H24N3.2C28H24N2P.2C5H8O2.4Ir/c4*1-27(2)19-9-5-7-11-24(19)31-25-12-8-6-10-20(25)28(3,4)22-16-18(15-21(27)26(22)31)23-17-29-13-14-30-23;2*1-4(6)3-5(2)7;;;;/h4*5-15,17H,1-4H3;2*3,6H,1-2H3;;;;/q4*-1;;;;;;. The van der Waals surface area contributed by atoms with Gasteiger partial charge in [-0.25, -0.2) is 0 Å². The predicted octanol–water partition coefficient (Wildman–Crippen LogP) is 25.4. The van der Waals surface area contributed by atoms with E-state index in [0.717, 1.165) is 45.0 Å². The quantitative estimate of drug-likeness (QED) is 0.0693. The van der Waals surface area contributed by atoms with E-state index in [9.17, 15) is 9.59 Å². The van der Waals surface area contributed by atoms with Crippen LogP contribution in [-0.4, -0.2) is 61.7 Å². The number of aliphatic hydroxyl groups is 2. The summed E-state index contributed by atoms with van der Waals surface area (Å²) in [6, 6.07) is 95.7. The van der Waals surface area contributed by atoms with Crippen LogP contribution in [0.4, 0.5) is 34.1 Å². The van der Waals surface area contributed by atoms with E-state index in [0.29, 0.717) is 0 Å². The Morgan fingerprint density at radius 3 is 0.725 bits per heavy atom. The van der Waals surface area contributed by atoms with Crippen LogP contribution in [0.1, 0.15) is 227 Å². The monoisotopic (exact) mass is 2610 g/mol. The molecule has 4 aromatic heterocycles. The number of anilines is 6. The minimum atomic E-state index is -0.617. The van der Waals surface area contributed by atoms with Crippen molar-refractivity contribution in [2.45, 2.75) is 182 Å². The molecule has 24 rings (SSSR count). The van der Waals surface area contributed by atoms with Crippen LogP contribution in [0.5, 0.6) is 0 Å². The van der Waals surface area contributed by atoms with Gasteiger partial charge in [0.15, 0.2) is 11.6 Å². The van der Waals surface area contributed by atoms with Crippen molar-refractivity contribution < 1.29 is 100 Å². The Morgan fingerprint density at radius 2 is 0.486 bits per heavy atom. The van der Waals surface area contributed by atoms with Crippen molar-refractivity contribution in [3.8, 4) is 45.0 Å². The van der Waals surface area contributed by atoms with Crippen LogP contribution in [0.15, 0.2) is 316 Å². The summed E-state index contributed by atoms with van der Waals surface area (Å²) >= 11 is 0. The molecule has 0 spiro atoms. The summed E-state index contributed by atoms with van der Waals surface area (Å²) in [5.41, 5.74) is 35.5. The number of nitrogens with zero attached hydrogens (tertiary/aromatic N) is 10. The van der Waals surface area contributed by atoms with Gasteiger partial charge in [0.2, 0.25) is 0 Å². The van der Waals surface area contributed by atoms with Gasteiger partial charge in [-0.3, -0.25) is 29.5 Å². The van der Waals surface area contributed by atoms with Gasteiger partial charge in [-0.1, -0.05) is 329 Å². The van der Waals surface area contributed by atoms with Crippen LogP contribution in [0, 0.1) is 24.3 Å². The van der Waals surface area contributed by atoms with Gasteiger partial charge in [0.05, 0.1) is 11.5 Å². The molecule has 0 amide bonds. The predicted molar refractivity (Wildman–Crippen MR) is 563 cm³/mol. The summed E-state index contributed by atoms with van der Waals surface area (Å²) in [4.78, 5) is 60.6. The molecule has 2 unspecified atom stereocenters. The number of aromatic nitrogens is 8. The number of aliphatic hydroxyl groups excluding tert-OH is 2. The van der Waals surface area contributed by atoms with E-state index in [-0.39, 0.29) is 147 Å². The van der Waals surface area contributed by atoms with E-state index in [2.05, 4.69) is 403 Å². The van der Waals surface area contributed by atoms with Gasteiger partial charge < -0.3 is 39.9 Å². The normalized spacial score (nSPS) is 16.8. The van der Waals surface area contributed by atoms with Crippen LogP contribution in [0.25, 0.3) is 45.0 Å². The number of hydrogen-bond donors (Lipinski definition) is 2. The smallest absolute Gasteiger partial charge is 0.155 e. The summed E-state index contributed by atoms with van der Waals surface area (Å²) in [7, 11) is -1.23. The minimum absolute atomic E-state index is 0. The van der Waals surface area contributed by atoms with Crippen LogP contribution >= 0.6 is 15.8 Å². The molecular formula is C122H112Ir4N10O4P2-4. The van der Waals surface area contributed by atoms with E-state index >= 15 is 0 Å². The maximum atomic E-state index is 10.0. The molecule has 2 atom stereocenters. The molecule has 12 heterocycles. The van der Waals surface area contributed by atoms with Gasteiger partial charge in [0.25, 0.3) is 0 Å². The van der Waals surface area contributed by atoms with Crippen molar-refractivity contribution in [3.05, 3.63) is 430 Å². The molecule has 14 nitrogen and oxygen atoms in total. The zero-order valence-electron chi connectivity index (χ0n) is 83.3. The number of para-hydroxylation sites is 4. The minimum Gasteiger partial charge on any atom is -0.512 e. The number of fused-ring (bicyclic) bond motifs is 16. The topological polar surface area (TPSA) is 184 Å². The summed E-state index contributed by atoms with van der Waals surface area (Å²) in [5, 5.41) is 25.7. The fourth-order valence-corrected chi connectivity index (χ4v) is 29.1. The Kier molecular flexibility index (Phi) is 29.7. The number of ketones is 2. The zero-order valence-corrected chi connectivity index (χ0v) is 94.6. The first-order valence-corrected chi connectivity index (χ1v) is 49.8. The number of carbonyl (C=O) groups is 2. The molecule has 4 radical (unpaired) electrons. The largest absolute Gasteiger partial charge is 0.512 e. The molecule has 16 aromatic rings. The van der Waals surface area contributed by atoms with Crippen LogP contribution in [0.2, 0.25) is 0 Å². The van der Waals surface area contributed by atoms with Crippen molar-refractivity contribution in [2.24, 2.45) is 0 Å². The Morgan fingerprint density at radius 1 is 0.275 bits per heavy atom. The molecule has 2 N–H and O–H groups in total. The molecule has 0 aliphatic carbocycles. The molecule has 0 fully saturated rings. The first-order chi connectivity index (χ1) is 65.9. The van der Waals surface area contributed by atoms with Crippen molar-refractivity contribution in [1.29, 1.82) is 0 Å². The number of hydrogen-bond acceptors (Lipinski definition) is 14. The van der Waals surface area contributed by atoms with Gasteiger partial charge in [-0.2, -0.15) is 0 Å². The fraction of sp³-hybridized carbons (Fsp3) is 0.230. The van der Waals surface area contributed by atoms with Gasteiger partial charge >= 0.3 is 0 Å². The van der Waals surface area contributed by atoms with E-state index in [1.807, 2.05) is 24.8 Å². The van der Waals surface area contributed by atoms with Crippen molar-refractivity contribution in [1.82, 2.24) is 39.9 Å². The van der Waals surface area contributed by atoms with Gasteiger partial charge in [-0.15, -0.1) is 93.0 Å². The Bertz CT molecular complexity index is 6440. The Hall–Kier alpha value is -11.6. The van der Waals surface area contributed by atoms with Crippen molar-refractivity contribution in [2.75, 3.05) is 9.80 Å². The zero-order chi connectivity index (χ0) is 97.2. The molecule has 20 heteroatoms. The molecular weight excluding hydrogens is 2500 g/mol. The maximum Gasteiger partial charge on any atom is 0.155 e. The summed E-state index contributed by atoms with van der Waals surface area (Å²) < 4.78 is 0. The van der Waals surface area contributed by atoms with Gasteiger partial charge in [0.1, 0.15) is 0 Å². The Balaban J connectivity index is 0.000000135. The summed E-state index contributed by atoms with van der Waals surface area (Å²) in [5.74, 6) is -0.125. The second kappa shape index (κ2) is 40.2. The van der Waals surface area contributed by atoms with E-state index in [4.69, 9.17) is 10.2 Å². The van der Waals surface area contributed by atoms with Crippen molar-refractivity contribution in [3.63, 3.8) is 0 Å². The third-order valence-electron chi connectivity index (χ3n) is 29.0. The maximum absolute atomic E-state index is 10.0. The molecule has 12 aromatic carbocycles. The third-order valence-corrected chi connectivity index (χ3v) is 34.3. The van der Waals surface area contributed by atoms with E-state index in [1.54, 1.807) is 49.6 Å². The molecule has 0 bridgehead atoms. The molecule has 0 saturated heterocycles. The van der Waals surface area contributed by atoms with E-state index in [1.165, 1.54) is 195 Å². The second-order valence-electron chi connectivity index (χ2n) is 40.9. The van der Waals surface area contributed by atoms with Crippen LogP contribution in [-0.2, 0) is 133 Å². The van der Waals surface area contributed by atoms with Gasteiger partial charge in [0, 0.05) is 234 Å². The van der Waals surface area contributed by atoms with Crippen molar-refractivity contribution >= 4 is 93.4 Å². The Labute approximate surface area is 891 Å². The molecule has 724 valence electrons. The molecule has 8 aliphatic heterocycles. The third kappa shape index (κ3) is 18.0. The summed E-state index contributed by atoms with van der Waals surface area (Å²) in [6.07, 6.45) is 23.6. The number of allylic oxidation sites excluding steroid dienone is 4. The number of benzene rings is 12. The van der Waals surface area contributed by atoms with Crippen LogP contribution in [0.3, 0.4) is 0 Å². The van der Waals surface area contributed by atoms with E-state index < -0.39 is 15.8 Å². The first-order valence-electron chi connectivity index (χ1n) is 47.1. The molecule has 0 saturated carbocycles. The SMILES string of the molecule is CC(=O)C=C(C)O.CC(=O)C=C(C)O.CC1(C)c2[c-]c(-c3cnccn3)cc3c2N(c2ccccc21)c1ccccc1C3(C)C.CC1(C)c2[c-]c(-c3cnccn3)cc3c2N(c2ccccc21)c1ccccc1C3(C)C.CC1(C)c2[c-]c(-c3cnccn3)cc3c2P(c2ccccc21)c1ccccc1C3(C)C.CC1(C)c2[c-]c(-c3cnccn3)cc3c2P(c2ccccc21)c1ccccc1C3(C)C.[Ir].[Ir].[Ir].[Ir]. The van der Waals surface area contributed by atoms with Crippen LogP contribution < -0.4 is 41.6 Å². The number of rotatable bonds is 6. The fourth-order valence-electron chi connectivity index (χ4n) is 22.0.